The molecule has 2 aromatic carbocycles. The first-order chi connectivity index (χ1) is 13.5. The quantitative estimate of drug-likeness (QED) is 0.749. The fourth-order valence-electron chi connectivity index (χ4n) is 3.55. The van der Waals surface area contributed by atoms with E-state index in [0.717, 1.165) is 31.9 Å². The van der Waals surface area contributed by atoms with E-state index in [0.29, 0.717) is 19.7 Å². The third kappa shape index (κ3) is 5.49. The predicted octanol–water partition coefficient (Wildman–Crippen LogP) is 2.93. The van der Waals surface area contributed by atoms with E-state index in [1.165, 1.54) is 22.4 Å². The van der Waals surface area contributed by atoms with Gasteiger partial charge < -0.3 is 15.0 Å². The minimum Gasteiger partial charge on any atom is -0.492 e. The third-order valence-electron chi connectivity index (χ3n) is 5.34. The van der Waals surface area contributed by atoms with Crippen molar-refractivity contribution in [2.45, 2.75) is 20.8 Å². The lowest BCUT2D eigenvalue weighted by atomic mass is 10.1. The van der Waals surface area contributed by atoms with E-state index in [1.54, 1.807) is 0 Å². The van der Waals surface area contributed by atoms with Gasteiger partial charge in [-0.1, -0.05) is 24.3 Å². The summed E-state index contributed by atoms with van der Waals surface area (Å²) in [6.07, 6.45) is 0. The standard InChI is InChI=1S/C23H31N3O2/c1-18-6-4-8-21(16-18)28-15-10-24-23(27)17-25-11-13-26(14-12-25)22-9-5-7-19(2)20(22)3/h4-9,16H,10-15,17H2,1-3H3,(H,24,27). The van der Waals surface area contributed by atoms with Crippen molar-refractivity contribution in [2.75, 3.05) is 50.8 Å². The van der Waals surface area contributed by atoms with Crippen LogP contribution in [0.4, 0.5) is 5.69 Å². The van der Waals surface area contributed by atoms with Crippen LogP contribution in [0.2, 0.25) is 0 Å². The van der Waals surface area contributed by atoms with Crippen LogP contribution in [0.25, 0.3) is 0 Å². The summed E-state index contributed by atoms with van der Waals surface area (Å²) in [5.41, 5.74) is 5.16. The van der Waals surface area contributed by atoms with Gasteiger partial charge in [-0.25, -0.2) is 0 Å². The van der Waals surface area contributed by atoms with E-state index in [-0.39, 0.29) is 5.91 Å². The topological polar surface area (TPSA) is 44.8 Å². The molecule has 2 aromatic rings. The first-order valence-electron chi connectivity index (χ1n) is 10.0. The Labute approximate surface area is 168 Å². The zero-order valence-corrected chi connectivity index (χ0v) is 17.2. The first kappa shape index (κ1) is 20.2. The summed E-state index contributed by atoms with van der Waals surface area (Å²) < 4.78 is 5.68. The van der Waals surface area contributed by atoms with Crippen LogP contribution in [0.3, 0.4) is 0 Å². The van der Waals surface area contributed by atoms with Gasteiger partial charge in [-0.3, -0.25) is 9.69 Å². The fraction of sp³-hybridized carbons (Fsp3) is 0.435. The highest BCUT2D eigenvalue weighted by molar-refractivity contribution is 5.78. The zero-order valence-electron chi connectivity index (χ0n) is 17.2. The maximum Gasteiger partial charge on any atom is 0.234 e. The Kier molecular flexibility index (Phi) is 6.93. The second kappa shape index (κ2) is 9.60. The second-order valence-corrected chi connectivity index (χ2v) is 7.50. The van der Waals surface area contributed by atoms with Gasteiger partial charge in [-0.05, 0) is 55.7 Å². The molecule has 0 aromatic heterocycles. The van der Waals surface area contributed by atoms with Crippen LogP contribution in [0.1, 0.15) is 16.7 Å². The maximum absolute atomic E-state index is 12.2. The molecule has 1 heterocycles. The van der Waals surface area contributed by atoms with Crippen LogP contribution >= 0.6 is 0 Å². The van der Waals surface area contributed by atoms with E-state index in [1.807, 2.05) is 31.2 Å². The summed E-state index contributed by atoms with van der Waals surface area (Å²) in [5.74, 6) is 0.907. The summed E-state index contributed by atoms with van der Waals surface area (Å²) in [7, 11) is 0. The fourth-order valence-corrected chi connectivity index (χ4v) is 3.55. The van der Waals surface area contributed by atoms with Crippen molar-refractivity contribution in [1.29, 1.82) is 0 Å². The number of nitrogens with zero attached hydrogens (tertiary/aromatic N) is 2. The molecule has 0 unspecified atom stereocenters. The second-order valence-electron chi connectivity index (χ2n) is 7.50. The molecule has 1 saturated heterocycles. The molecule has 3 rings (SSSR count). The molecular formula is C23H31N3O2. The van der Waals surface area contributed by atoms with Gasteiger partial charge in [0.15, 0.2) is 0 Å². The largest absolute Gasteiger partial charge is 0.492 e. The highest BCUT2D eigenvalue weighted by Crippen LogP contribution is 2.23. The number of anilines is 1. The smallest absolute Gasteiger partial charge is 0.234 e. The summed E-state index contributed by atoms with van der Waals surface area (Å²) in [5, 5.41) is 2.96. The SMILES string of the molecule is Cc1cccc(OCCNC(=O)CN2CCN(c3cccc(C)c3C)CC2)c1. The van der Waals surface area contributed by atoms with Crippen LogP contribution in [-0.2, 0) is 4.79 Å². The van der Waals surface area contributed by atoms with Gasteiger partial charge in [0, 0.05) is 31.9 Å². The van der Waals surface area contributed by atoms with E-state index >= 15 is 0 Å². The molecule has 0 spiro atoms. The normalized spacial score (nSPS) is 14.8. The molecule has 5 nitrogen and oxygen atoms in total. The predicted molar refractivity (Wildman–Crippen MR) is 114 cm³/mol. The summed E-state index contributed by atoms with van der Waals surface area (Å²) >= 11 is 0. The van der Waals surface area contributed by atoms with Crippen LogP contribution < -0.4 is 15.0 Å². The summed E-state index contributed by atoms with van der Waals surface area (Å²) in [6, 6.07) is 14.4. The number of piperazine rings is 1. The van der Waals surface area contributed by atoms with E-state index in [9.17, 15) is 4.79 Å². The lowest BCUT2D eigenvalue weighted by Gasteiger charge is -2.36. The number of carbonyl (C=O) groups excluding carboxylic acids is 1. The number of rotatable bonds is 7. The number of hydrogen-bond donors (Lipinski definition) is 1. The summed E-state index contributed by atoms with van der Waals surface area (Å²) in [6.45, 7) is 11.5. The highest BCUT2D eigenvalue weighted by Gasteiger charge is 2.20. The van der Waals surface area contributed by atoms with Crippen molar-refractivity contribution < 1.29 is 9.53 Å². The first-order valence-corrected chi connectivity index (χ1v) is 10.0. The number of nitrogens with one attached hydrogen (secondary N) is 1. The van der Waals surface area contributed by atoms with Crippen molar-refractivity contribution in [3.63, 3.8) is 0 Å². The minimum absolute atomic E-state index is 0.0630. The Morgan fingerprint density at radius 1 is 1.04 bits per heavy atom. The minimum atomic E-state index is 0.0630. The number of carbonyl (C=O) groups is 1. The summed E-state index contributed by atoms with van der Waals surface area (Å²) in [4.78, 5) is 16.8. The van der Waals surface area contributed by atoms with Crippen LogP contribution in [0, 0.1) is 20.8 Å². The van der Waals surface area contributed by atoms with Gasteiger partial charge in [0.25, 0.3) is 0 Å². The number of benzene rings is 2. The van der Waals surface area contributed by atoms with Gasteiger partial charge >= 0.3 is 0 Å². The molecule has 0 atom stereocenters. The van der Waals surface area contributed by atoms with E-state index in [2.05, 4.69) is 47.2 Å². The van der Waals surface area contributed by atoms with Gasteiger partial charge in [0.1, 0.15) is 12.4 Å². The van der Waals surface area contributed by atoms with Gasteiger partial charge in [0.05, 0.1) is 13.1 Å². The Morgan fingerprint density at radius 3 is 2.54 bits per heavy atom. The molecule has 1 amide bonds. The Balaban J connectivity index is 1.36. The van der Waals surface area contributed by atoms with Crippen molar-refractivity contribution >= 4 is 11.6 Å². The molecule has 150 valence electrons. The van der Waals surface area contributed by atoms with Crippen molar-refractivity contribution in [1.82, 2.24) is 10.2 Å². The molecule has 1 N–H and O–H groups in total. The number of aryl methyl sites for hydroxylation is 2. The molecule has 1 fully saturated rings. The third-order valence-corrected chi connectivity index (χ3v) is 5.34. The van der Waals surface area contributed by atoms with Crippen LogP contribution in [0.5, 0.6) is 5.75 Å². The maximum atomic E-state index is 12.2. The Bertz CT molecular complexity index is 798. The number of hydrogen-bond acceptors (Lipinski definition) is 4. The lowest BCUT2D eigenvalue weighted by molar-refractivity contribution is -0.122. The molecule has 0 aliphatic carbocycles. The molecular weight excluding hydrogens is 350 g/mol. The molecule has 0 bridgehead atoms. The van der Waals surface area contributed by atoms with E-state index < -0.39 is 0 Å². The lowest BCUT2D eigenvalue weighted by Crippen LogP contribution is -2.50. The van der Waals surface area contributed by atoms with Crippen molar-refractivity contribution in [3.8, 4) is 5.75 Å². The van der Waals surface area contributed by atoms with E-state index in [4.69, 9.17) is 4.74 Å². The average molecular weight is 382 g/mol. The molecule has 0 radical (unpaired) electrons. The molecule has 0 saturated carbocycles. The molecule has 28 heavy (non-hydrogen) atoms. The Morgan fingerprint density at radius 2 is 1.79 bits per heavy atom. The van der Waals surface area contributed by atoms with Crippen LogP contribution in [0.15, 0.2) is 42.5 Å². The average Bonchev–Trinajstić information content (AvgIpc) is 2.68. The zero-order chi connectivity index (χ0) is 19.9. The number of amides is 1. The molecule has 5 heteroatoms. The monoisotopic (exact) mass is 381 g/mol. The Hall–Kier alpha value is -2.53. The van der Waals surface area contributed by atoms with Gasteiger partial charge in [0.2, 0.25) is 5.91 Å². The molecule has 1 aliphatic heterocycles. The number of ether oxygens (including phenoxy) is 1. The van der Waals surface area contributed by atoms with Gasteiger partial charge in [-0.2, -0.15) is 0 Å². The van der Waals surface area contributed by atoms with Crippen molar-refractivity contribution in [2.24, 2.45) is 0 Å². The highest BCUT2D eigenvalue weighted by atomic mass is 16.5. The van der Waals surface area contributed by atoms with Gasteiger partial charge in [-0.15, -0.1) is 0 Å². The molecule has 1 aliphatic rings. The van der Waals surface area contributed by atoms with Crippen LogP contribution in [-0.4, -0.2) is 56.7 Å². The van der Waals surface area contributed by atoms with Crippen molar-refractivity contribution in [3.05, 3.63) is 59.2 Å².